The van der Waals surface area contributed by atoms with Gasteiger partial charge < -0.3 is 14.6 Å². The lowest BCUT2D eigenvalue weighted by Crippen LogP contribution is -2.36. The van der Waals surface area contributed by atoms with Gasteiger partial charge in [0.2, 0.25) is 5.91 Å². The molecule has 1 aromatic carbocycles. The third kappa shape index (κ3) is 3.43. The number of nitrogens with one attached hydrogen (secondary N) is 1. The fourth-order valence-corrected chi connectivity index (χ4v) is 3.29. The number of benzene rings is 1. The van der Waals surface area contributed by atoms with E-state index >= 15 is 0 Å². The van der Waals surface area contributed by atoms with Crippen LogP contribution in [-0.2, 0) is 11.3 Å². The van der Waals surface area contributed by atoms with Gasteiger partial charge in [0.1, 0.15) is 12.3 Å². The highest BCUT2D eigenvalue weighted by molar-refractivity contribution is 5.84. The number of ether oxygens (including phenoxy) is 1. The van der Waals surface area contributed by atoms with Crippen LogP contribution in [0, 0.1) is 0 Å². The quantitative estimate of drug-likeness (QED) is 0.878. The number of methoxy groups -OCH3 is 1. The number of nitrogens with zero attached hydrogens (tertiary/aromatic N) is 1. The fourth-order valence-electron chi connectivity index (χ4n) is 3.29. The molecule has 1 heterocycles. The van der Waals surface area contributed by atoms with Gasteiger partial charge in [0.25, 0.3) is 0 Å². The van der Waals surface area contributed by atoms with Gasteiger partial charge in [0.05, 0.1) is 7.11 Å². The van der Waals surface area contributed by atoms with E-state index in [2.05, 4.69) is 5.32 Å². The first-order chi connectivity index (χ1) is 10.8. The number of aromatic nitrogens is 1. The van der Waals surface area contributed by atoms with Gasteiger partial charge in [0, 0.05) is 23.1 Å². The van der Waals surface area contributed by atoms with Crippen LogP contribution in [0.25, 0.3) is 10.9 Å². The van der Waals surface area contributed by atoms with Crippen molar-refractivity contribution in [2.75, 3.05) is 7.11 Å². The molecule has 4 nitrogen and oxygen atoms in total. The molecule has 0 aliphatic heterocycles. The number of hydrogen-bond acceptors (Lipinski definition) is 2. The molecule has 0 saturated heterocycles. The molecule has 0 bridgehead atoms. The molecule has 22 heavy (non-hydrogen) atoms. The third-order valence-electron chi connectivity index (χ3n) is 4.51. The molecule has 1 amide bonds. The Balaban J connectivity index is 1.66. The molecule has 1 N–H and O–H groups in total. The van der Waals surface area contributed by atoms with Gasteiger partial charge in [0.15, 0.2) is 0 Å². The van der Waals surface area contributed by atoms with Crippen LogP contribution in [-0.4, -0.2) is 23.6 Å². The first-order valence-electron chi connectivity index (χ1n) is 8.18. The first-order valence-corrected chi connectivity index (χ1v) is 8.18. The average molecular weight is 300 g/mol. The zero-order valence-electron chi connectivity index (χ0n) is 13.2. The number of amides is 1. The summed E-state index contributed by atoms with van der Waals surface area (Å²) in [5.41, 5.74) is 1.07. The van der Waals surface area contributed by atoms with Gasteiger partial charge >= 0.3 is 0 Å². The Kier molecular flexibility index (Phi) is 4.66. The van der Waals surface area contributed by atoms with Crippen molar-refractivity contribution in [1.29, 1.82) is 0 Å². The van der Waals surface area contributed by atoms with E-state index in [1.165, 1.54) is 25.7 Å². The summed E-state index contributed by atoms with van der Waals surface area (Å²) in [6.45, 7) is 0.381. The molecule has 118 valence electrons. The van der Waals surface area contributed by atoms with Crippen molar-refractivity contribution in [2.45, 2.75) is 51.1 Å². The summed E-state index contributed by atoms with van der Waals surface area (Å²) in [7, 11) is 1.67. The van der Waals surface area contributed by atoms with Crippen molar-refractivity contribution in [2.24, 2.45) is 0 Å². The Bertz CT molecular complexity index is 640. The van der Waals surface area contributed by atoms with E-state index in [1.807, 2.05) is 35.0 Å². The summed E-state index contributed by atoms with van der Waals surface area (Å²) in [5.74, 6) is 0.952. The van der Waals surface area contributed by atoms with Gasteiger partial charge in [-0.1, -0.05) is 25.7 Å². The number of hydrogen-bond donors (Lipinski definition) is 1. The van der Waals surface area contributed by atoms with Crippen LogP contribution < -0.4 is 10.1 Å². The zero-order chi connectivity index (χ0) is 15.4. The smallest absolute Gasteiger partial charge is 0.240 e. The lowest BCUT2D eigenvalue weighted by Gasteiger charge is -2.16. The monoisotopic (exact) mass is 300 g/mol. The van der Waals surface area contributed by atoms with Gasteiger partial charge in [-0.25, -0.2) is 0 Å². The molecular weight excluding hydrogens is 276 g/mol. The van der Waals surface area contributed by atoms with E-state index in [0.717, 1.165) is 29.5 Å². The second-order valence-corrected chi connectivity index (χ2v) is 6.12. The highest BCUT2D eigenvalue weighted by Crippen LogP contribution is 2.22. The molecule has 1 aromatic heterocycles. The van der Waals surface area contributed by atoms with Crippen LogP contribution in [0.15, 0.2) is 30.5 Å². The zero-order valence-corrected chi connectivity index (χ0v) is 13.2. The lowest BCUT2D eigenvalue weighted by atomic mass is 10.1. The molecule has 3 rings (SSSR count). The number of fused-ring (bicyclic) bond motifs is 1. The number of rotatable bonds is 4. The molecule has 4 heteroatoms. The maximum Gasteiger partial charge on any atom is 0.240 e. The molecule has 0 spiro atoms. The molecule has 1 aliphatic rings. The second kappa shape index (κ2) is 6.86. The summed E-state index contributed by atoms with van der Waals surface area (Å²) < 4.78 is 7.24. The predicted octanol–water partition coefficient (Wildman–Crippen LogP) is 3.49. The molecule has 0 radical (unpaired) electrons. The van der Waals surface area contributed by atoms with Crippen LogP contribution >= 0.6 is 0 Å². The van der Waals surface area contributed by atoms with Gasteiger partial charge in [-0.2, -0.15) is 0 Å². The van der Waals surface area contributed by atoms with E-state index in [0.29, 0.717) is 12.6 Å². The summed E-state index contributed by atoms with van der Waals surface area (Å²) >= 11 is 0. The van der Waals surface area contributed by atoms with Crippen molar-refractivity contribution >= 4 is 16.8 Å². The van der Waals surface area contributed by atoms with Crippen LogP contribution in [0.2, 0.25) is 0 Å². The molecule has 0 atom stereocenters. The van der Waals surface area contributed by atoms with Crippen molar-refractivity contribution in [3.05, 3.63) is 30.5 Å². The van der Waals surface area contributed by atoms with Crippen molar-refractivity contribution < 1.29 is 9.53 Å². The minimum atomic E-state index is 0.111. The Hall–Kier alpha value is -1.97. The van der Waals surface area contributed by atoms with Crippen LogP contribution in [0.4, 0.5) is 0 Å². The Morgan fingerprint density at radius 2 is 2.00 bits per heavy atom. The Labute approximate surface area is 131 Å². The third-order valence-corrected chi connectivity index (χ3v) is 4.51. The number of carbonyl (C=O) groups excluding carboxylic acids is 1. The average Bonchev–Trinajstić information content (AvgIpc) is 2.74. The minimum absolute atomic E-state index is 0.111. The molecule has 1 aliphatic carbocycles. The SMILES string of the molecule is COc1ccc2c(ccn2CC(=O)NC2CCCCCC2)c1. The Morgan fingerprint density at radius 1 is 1.23 bits per heavy atom. The second-order valence-electron chi connectivity index (χ2n) is 6.12. The van der Waals surface area contributed by atoms with Crippen LogP contribution in [0.5, 0.6) is 5.75 Å². The summed E-state index contributed by atoms with van der Waals surface area (Å²) in [6.07, 6.45) is 9.28. The van der Waals surface area contributed by atoms with E-state index in [4.69, 9.17) is 4.74 Å². The molecular formula is C18H24N2O2. The molecule has 0 unspecified atom stereocenters. The molecule has 1 saturated carbocycles. The van der Waals surface area contributed by atoms with Gasteiger partial charge in [-0.3, -0.25) is 4.79 Å². The largest absolute Gasteiger partial charge is 0.497 e. The van der Waals surface area contributed by atoms with E-state index in [-0.39, 0.29) is 5.91 Å². The normalized spacial score (nSPS) is 16.4. The maximum absolute atomic E-state index is 12.3. The first kappa shape index (κ1) is 14.9. The van der Waals surface area contributed by atoms with Crippen LogP contribution in [0.1, 0.15) is 38.5 Å². The maximum atomic E-state index is 12.3. The highest BCUT2D eigenvalue weighted by Gasteiger charge is 2.15. The lowest BCUT2D eigenvalue weighted by molar-refractivity contribution is -0.122. The summed E-state index contributed by atoms with van der Waals surface area (Å²) in [5, 5.41) is 4.30. The Morgan fingerprint density at radius 3 is 2.73 bits per heavy atom. The van der Waals surface area contributed by atoms with E-state index < -0.39 is 0 Å². The predicted molar refractivity (Wildman–Crippen MR) is 88.1 cm³/mol. The highest BCUT2D eigenvalue weighted by atomic mass is 16.5. The van der Waals surface area contributed by atoms with Gasteiger partial charge in [-0.15, -0.1) is 0 Å². The fraction of sp³-hybridized carbons (Fsp3) is 0.500. The van der Waals surface area contributed by atoms with E-state index in [1.54, 1.807) is 7.11 Å². The minimum Gasteiger partial charge on any atom is -0.497 e. The van der Waals surface area contributed by atoms with Crippen LogP contribution in [0.3, 0.4) is 0 Å². The van der Waals surface area contributed by atoms with E-state index in [9.17, 15) is 4.79 Å². The van der Waals surface area contributed by atoms with Crippen molar-refractivity contribution in [3.63, 3.8) is 0 Å². The topological polar surface area (TPSA) is 43.3 Å². The van der Waals surface area contributed by atoms with Gasteiger partial charge in [-0.05, 0) is 37.1 Å². The summed E-state index contributed by atoms with van der Waals surface area (Å²) in [6, 6.07) is 8.32. The summed E-state index contributed by atoms with van der Waals surface area (Å²) in [4.78, 5) is 12.3. The molecule has 1 fully saturated rings. The number of carbonyl (C=O) groups is 1. The molecule has 2 aromatic rings. The van der Waals surface area contributed by atoms with Crippen molar-refractivity contribution in [3.8, 4) is 5.75 Å². The standard InChI is InChI=1S/C18H24N2O2/c1-22-16-8-9-17-14(12-16)10-11-20(17)13-18(21)19-15-6-4-2-3-5-7-15/h8-12,15H,2-7,13H2,1H3,(H,19,21). The van der Waals surface area contributed by atoms with Crippen molar-refractivity contribution in [1.82, 2.24) is 9.88 Å².